The first kappa shape index (κ1) is 15.2. The van der Waals surface area contributed by atoms with E-state index in [1.165, 1.54) is 5.56 Å². The lowest BCUT2D eigenvalue weighted by Crippen LogP contribution is -2.27. The maximum Gasteiger partial charge on any atom is 0.251 e. The molecule has 0 aliphatic carbocycles. The molecule has 1 aromatic rings. The van der Waals surface area contributed by atoms with Crippen LogP contribution in [0.4, 0.5) is 0 Å². The molecule has 0 saturated carbocycles. The van der Waals surface area contributed by atoms with E-state index in [0.29, 0.717) is 25.1 Å². The minimum Gasteiger partial charge on any atom is -0.359 e. The molecule has 4 nitrogen and oxygen atoms in total. The zero-order chi connectivity index (χ0) is 14.3. The Bertz CT molecular complexity index is 419. The number of carbonyl (C=O) groups excluding carboxylic acids is 2. The van der Waals surface area contributed by atoms with E-state index in [0.717, 1.165) is 6.42 Å². The molecule has 1 rings (SSSR count). The van der Waals surface area contributed by atoms with E-state index in [1.54, 1.807) is 0 Å². The molecule has 0 radical (unpaired) electrons. The van der Waals surface area contributed by atoms with Gasteiger partial charge in [-0.2, -0.15) is 0 Å². The van der Waals surface area contributed by atoms with Crippen LogP contribution in [0.15, 0.2) is 24.3 Å². The quantitative estimate of drug-likeness (QED) is 0.607. The van der Waals surface area contributed by atoms with Gasteiger partial charge in [-0.1, -0.05) is 32.9 Å². The molecule has 0 aliphatic rings. The van der Waals surface area contributed by atoms with E-state index in [2.05, 4.69) is 31.4 Å². The molecule has 104 valence electrons. The van der Waals surface area contributed by atoms with Gasteiger partial charge in [0, 0.05) is 18.7 Å². The lowest BCUT2D eigenvalue weighted by atomic mass is 9.87. The van der Waals surface area contributed by atoms with Crippen LogP contribution in [-0.2, 0) is 10.2 Å². The molecule has 0 atom stereocenters. The second kappa shape index (κ2) is 6.92. The Balaban J connectivity index is 2.47. The van der Waals surface area contributed by atoms with Gasteiger partial charge in [-0.05, 0) is 29.5 Å². The third kappa shape index (κ3) is 5.12. The first-order chi connectivity index (χ1) is 8.95. The van der Waals surface area contributed by atoms with Crippen molar-refractivity contribution >= 4 is 12.3 Å². The third-order valence-electron chi connectivity index (χ3n) is 2.88. The van der Waals surface area contributed by atoms with Crippen molar-refractivity contribution in [2.45, 2.75) is 32.6 Å². The van der Waals surface area contributed by atoms with Gasteiger partial charge >= 0.3 is 0 Å². The highest BCUT2D eigenvalue weighted by Gasteiger charge is 2.13. The second-order valence-corrected chi connectivity index (χ2v) is 5.51. The number of hydrogen-bond donors (Lipinski definition) is 2. The van der Waals surface area contributed by atoms with Crippen molar-refractivity contribution in [3.8, 4) is 0 Å². The number of carbonyl (C=O) groups is 2. The summed E-state index contributed by atoms with van der Waals surface area (Å²) in [5, 5.41) is 5.38. The third-order valence-corrected chi connectivity index (χ3v) is 2.88. The average molecular weight is 262 g/mol. The Morgan fingerprint density at radius 1 is 1.16 bits per heavy atom. The largest absolute Gasteiger partial charge is 0.359 e. The molecule has 0 unspecified atom stereocenters. The molecular formula is C15H22N2O2. The van der Waals surface area contributed by atoms with Gasteiger partial charge in [-0.25, -0.2) is 0 Å². The number of hydrogen-bond acceptors (Lipinski definition) is 2. The van der Waals surface area contributed by atoms with E-state index in [9.17, 15) is 9.59 Å². The van der Waals surface area contributed by atoms with Crippen molar-refractivity contribution in [1.82, 2.24) is 10.6 Å². The molecule has 0 saturated heterocycles. The number of benzene rings is 1. The fourth-order valence-electron chi connectivity index (χ4n) is 1.67. The van der Waals surface area contributed by atoms with Gasteiger partial charge in [-0.3, -0.25) is 9.59 Å². The summed E-state index contributed by atoms with van der Waals surface area (Å²) in [5.74, 6) is -0.0773. The average Bonchev–Trinajstić information content (AvgIpc) is 2.37. The van der Waals surface area contributed by atoms with Gasteiger partial charge < -0.3 is 10.6 Å². The van der Waals surface area contributed by atoms with Crippen LogP contribution in [0.1, 0.15) is 43.1 Å². The molecule has 2 amide bonds. The van der Waals surface area contributed by atoms with Crippen LogP contribution in [0.25, 0.3) is 0 Å². The molecular weight excluding hydrogens is 240 g/mol. The predicted octanol–water partition coefficient (Wildman–Crippen LogP) is 1.85. The van der Waals surface area contributed by atoms with Crippen molar-refractivity contribution < 1.29 is 9.59 Å². The van der Waals surface area contributed by atoms with Crippen LogP contribution in [0, 0.1) is 0 Å². The van der Waals surface area contributed by atoms with Crippen LogP contribution in [-0.4, -0.2) is 25.4 Å². The standard InChI is InChI=1S/C15H22N2O2/c1-15(2,3)13-7-5-12(6-8-13)14(19)17-10-4-9-16-11-18/h5-8,11H,4,9-10H2,1-3H3,(H,16,18)(H,17,19). The van der Waals surface area contributed by atoms with Crippen molar-refractivity contribution in [3.63, 3.8) is 0 Å². The Kier molecular flexibility index (Phi) is 5.55. The van der Waals surface area contributed by atoms with E-state index in [4.69, 9.17) is 0 Å². The molecule has 4 heteroatoms. The zero-order valence-electron chi connectivity index (χ0n) is 11.8. The molecule has 0 spiro atoms. The first-order valence-corrected chi connectivity index (χ1v) is 6.51. The zero-order valence-corrected chi connectivity index (χ0v) is 11.8. The summed E-state index contributed by atoms with van der Waals surface area (Å²) in [7, 11) is 0. The Hall–Kier alpha value is -1.84. The molecule has 0 aliphatic heterocycles. The Morgan fingerprint density at radius 3 is 2.32 bits per heavy atom. The minimum atomic E-state index is -0.0773. The number of amides is 2. The van der Waals surface area contributed by atoms with E-state index in [1.807, 2.05) is 24.3 Å². The highest BCUT2D eigenvalue weighted by Crippen LogP contribution is 2.22. The lowest BCUT2D eigenvalue weighted by Gasteiger charge is -2.19. The maximum absolute atomic E-state index is 11.8. The summed E-state index contributed by atoms with van der Waals surface area (Å²) in [4.78, 5) is 21.9. The fourth-order valence-corrected chi connectivity index (χ4v) is 1.67. The Morgan fingerprint density at radius 2 is 1.79 bits per heavy atom. The van der Waals surface area contributed by atoms with Crippen LogP contribution in [0.3, 0.4) is 0 Å². The second-order valence-electron chi connectivity index (χ2n) is 5.51. The minimum absolute atomic E-state index is 0.0773. The molecule has 0 aromatic heterocycles. The summed E-state index contributed by atoms with van der Waals surface area (Å²) in [6.45, 7) is 7.56. The normalized spacial score (nSPS) is 10.9. The molecule has 1 aromatic carbocycles. The summed E-state index contributed by atoms with van der Waals surface area (Å²) < 4.78 is 0. The van der Waals surface area contributed by atoms with Crippen molar-refractivity contribution in [1.29, 1.82) is 0 Å². The van der Waals surface area contributed by atoms with Crippen molar-refractivity contribution in [2.75, 3.05) is 13.1 Å². The first-order valence-electron chi connectivity index (χ1n) is 6.51. The summed E-state index contributed by atoms with van der Waals surface area (Å²) in [6, 6.07) is 7.67. The fraction of sp³-hybridized carbons (Fsp3) is 0.467. The molecule has 0 bridgehead atoms. The molecule has 0 fully saturated rings. The topological polar surface area (TPSA) is 58.2 Å². The van der Waals surface area contributed by atoms with Gasteiger partial charge in [0.15, 0.2) is 0 Å². The van der Waals surface area contributed by atoms with Gasteiger partial charge in [0.25, 0.3) is 5.91 Å². The monoisotopic (exact) mass is 262 g/mol. The van der Waals surface area contributed by atoms with E-state index < -0.39 is 0 Å². The molecule has 2 N–H and O–H groups in total. The van der Waals surface area contributed by atoms with Crippen LogP contribution >= 0.6 is 0 Å². The lowest BCUT2D eigenvalue weighted by molar-refractivity contribution is -0.109. The summed E-state index contributed by atoms with van der Waals surface area (Å²) >= 11 is 0. The SMILES string of the molecule is CC(C)(C)c1ccc(C(=O)NCCCNC=O)cc1. The molecule has 19 heavy (non-hydrogen) atoms. The number of nitrogens with one attached hydrogen (secondary N) is 2. The van der Waals surface area contributed by atoms with E-state index in [-0.39, 0.29) is 11.3 Å². The van der Waals surface area contributed by atoms with Crippen molar-refractivity contribution in [2.24, 2.45) is 0 Å². The highest BCUT2D eigenvalue weighted by molar-refractivity contribution is 5.94. The summed E-state index contributed by atoms with van der Waals surface area (Å²) in [5.41, 5.74) is 1.96. The van der Waals surface area contributed by atoms with Crippen LogP contribution in [0.2, 0.25) is 0 Å². The smallest absolute Gasteiger partial charge is 0.251 e. The highest BCUT2D eigenvalue weighted by atomic mass is 16.1. The number of rotatable bonds is 6. The van der Waals surface area contributed by atoms with E-state index >= 15 is 0 Å². The molecule has 0 heterocycles. The maximum atomic E-state index is 11.8. The van der Waals surface area contributed by atoms with Crippen LogP contribution in [0.5, 0.6) is 0 Å². The van der Waals surface area contributed by atoms with Gasteiger partial charge in [0.1, 0.15) is 0 Å². The predicted molar refractivity (Wildman–Crippen MR) is 76.2 cm³/mol. The van der Waals surface area contributed by atoms with Gasteiger partial charge in [0.2, 0.25) is 6.41 Å². The van der Waals surface area contributed by atoms with Crippen LogP contribution < -0.4 is 10.6 Å². The Labute approximate surface area is 114 Å². The summed E-state index contributed by atoms with van der Waals surface area (Å²) in [6.07, 6.45) is 1.39. The van der Waals surface area contributed by atoms with Gasteiger partial charge in [-0.15, -0.1) is 0 Å². The van der Waals surface area contributed by atoms with Crippen molar-refractivity contribution in [3.05, 3.63) is 35.4 Å². The van der Waals surface area contributed by atoms with Gasteiger partial charge in [0.05, 0.1) is 0 Å².